The Kier molecular flexibility index (Phi) is 16.8. The van der Waals surface area contributed by atoms with Crippen molar-refractivity contribution in [2.75, 3.05) is 50.7 Å². The van der Waals surface area contributed by atoms with Crippen molar-refractivity contribution in [3.8, 4) is 0 Å². The maximum Gasteiger partial charge on any atom is 0.341 e. The van der Waals surface area contributed by atoms with Gasteiger partial charge in [-0.05, 0) is 31.4 Å². The van der Waals surface area contributed by atoms with Crippen LogP contribution in [0.25, 0.3) is 10.9 Å². The lowest BCUT2D eigenvalue weighted by molar-refractivity contribution is -0.306. The van der Waals surface area contributed by atoms with Crippen LogP contribution in [0.3, 0.4) is 0 Å². The number of hydrogen-bond donors (Lipinski definition) is 14. The third-order valence-electron chi connectivity index (χ3n) is 15.0. The van der Waals surface area contributed by atoms with Gasteiger partial charge < -0.3 is 113 Å². The molecule has 1 aromatic carbocycles. The number of benzene rings is 1. The fourth-order valence-electron chi connectivity index (χ4n) is 10.4. The summed E-state index contributed by atoms with van der Waals surface area (Å²) in [7, 11) is 0. The Morgan fingerprint density at radius 1 is 0.747 bits per heavy atom. The monoisotopic (exact) mass is 1070 g/mol. The maximum absolute atomic E-state index is 15.6. The number of rotatable bonds is 17. The number of nitrogens with zero attached hydrogens (tertiary/aromatic N) is 6. The number of carboxylic acid groups (broad SMARTS) is 1. The molecule has 75 heavy (non-hydrogen) atoms. The highest BCUT2D eigenvalue weighted by Gasteiger charge is 2.56. The zero-order chi connectivity index (χ0) is 53.7. The Labute approximate surface area is 427 Å². The highest BCUT2D eigenvalue weighted by atomic mass is 19.1. The van der Waals surface area contributed by atoms with Crippen LogP contribution in [0.15, 0.2) is 29.3 Å². The Hall–Kier alpha value is -4.52. The van der Waals surface area contributed by atoms with Crippen LogP contribution in [-0.4, -0.2) is 234 Å². The summed E-state index contributed by atoms with van der Waals surface area (Å²) in [5, 5.41) is 86.2. The first kappa shape index (κ1) is 55.2. The average Bonchev–Trinajstić information content (AvgIpc) is 4.06. The Morgan fingerprint density at radius 3 is 1.96 bits per heavy atom. The van der Waals surface area contributed by atoms with E-state index >= 15 is 4.39 Å². The van der Waals surface area contributed by atoms with E-state index in [0.717, 1.165) is 18.9 Å². The number of aliphatic hydroxyl groups excluding tert-OH is 6. The third-order valence-corrected chi connectivity index (χ3v) is 15.0. The number of nitrogens with two attached hydrogens (primary N) is 6. The van der Waals surface area contributed by atoms with E-state index in [1.807, 2.05) is 4.90 Å². The molecule has 1 amide bonds. The summed E-state index contributed by atoms with van der Waals surface area (Å²) in [6.45, 7) is 2.32. The Balaban J connectivity index is 0.841. The lowest BCUT2D eigenvalue weighted by atomic mass is 9.84. The topological polar surface area (TPSA) is 458 Å². The molecule has 2 aliphatic carbocycles. The van der Waals surface area contributed by atoms with E-state index in [-0.39, 0.29) is 37.5 Å². The Morgan fingerprint density at radius 2 is 1.36 bits per heavy atom. The summed E-state index contributed by atoms with van der Waals surface area (Å²) < 4.78 is 54.9. The second kappa shape index (κ2) is 22.8. The molecule has 4 saturated heterocycles. The predicted octanol–water partition coefficient (Wildman–Crippen LogP) is -7.67. The van der Waals surface area contributed by atoms with Gasteiger partial charge in [-0.2, -0.15) is 0 Å². The number of piperazine rings is 1. The molecule has 0 unspecified atom stereocenters. The highest BCUT2D eigenvalue weighted by molar-refractivity contribution is 5.93. The maximum atomic E-state index is 15.6. The van der Waals surface area contributed by atoms with E-state index in [9.17, 15) is 50.1 Å². The second-order valence-corrected chi connectivity index (χ2v) is 20.1. The number of carboxylic acids is 1. The standard InChI is InChI=1S/C45H68FN13O16/c46-21-9-19-24(59(18-1-2-18)16-20(30(19)60)42(68)69)11-25(21)57-6-3-56(4-7-57)5-8-58-15-17(54-55-58)14-53-41(67)40-39(73-44-29(52)35(65)33(63)27(13-48)71-44)36(66)45(75-40)74-38-31(61)22(49)10-23(50)37(38)72-43-28(51)34(64)32(62)26(12-47)70-43/h9,11,15-16,18,22-23,26-29,31-40,43-45,61-66H,1-8,10,12-14,47-52H2,(H,53,67)(H,68,69)/t22-,23+,26-,27+,28-,29-,31+,32-,33-,34-,35-,36-,37-,38-,39+,40+,43-,44+,45-/m1/s1. The van der Waals surface area contributed by atoms with Gasteiger partial charge in [0.05, 0.1) is 48.7 Å². The number of halogens is 1. The van der Waals surface area contributed by atoms with Crippen molar-refractivity contribution in [1.82, 2.24) is 29.8 Å². The summed E-state index contributed by atoms with van der Waals surface area (Å²) >= 11 is 0. The van der Waals surface area contributed by atoms with Crippen LogP contribution in [0, 0.1) is 5.82 Å². The van der Waals surface area contributed by atoms with Gasteiger partial charge in [-0.1, -0.05) is 5.21 Å². The van der Waals surface area contributed by atoms with Gasteiger partial charge in [-0.25, -0.2) is 9.18 Å². The molecule has 9 rings (SSSR count). The van der Waals surface area contributed by atoms with Crippen LogP contribution in [0.1, 0.15) is 41.4 Å². The number of amides is 1. The molecule has 3 aromatic rings. The molecule has 30 heteroatoms. The summed E-state index contributed by atoms with van der Waals surface area (Å²) in [4.78, 5) is 42.9. The molecule has 4 aliphatic heterocycles. The Bertz CT molecular complexity index is 2550. The minimum absolute atomic E-state index is 0.00205. The molecule has 2 aromatic heterocycles. The number of carbonyl (C=O) groups is 2. The molecule has 6 aliphatic rings. The van der Waals surface area contributed by atoms with Crippen molar-refractivity contribution in [3.63, 3.8) is 0 Å². The van der Waals surface area contributed by atoms with E-state index in [1.165, 1.54) is 6.20 Å². The van der Waals surface area contributed by atoms with Gasteiger partial charge in [-0.15, -0.1) is 5.10 Å². The zero-order valence-corrected chi connectivity index (χ0v) is 40.7. The van der Waals surface area contributed by atoms with Crippen LogP contribution in [0.4, 0.5) is 10.1 Å². The molecule has 6 heterocycles. The number of carbonyl (C=O) groups excluding carboxylic acids is 1. The summed E-state index contributed by atoms with van der Waals surface area (Å²) in [6.07, 6.45) is -18.0. The van der Waals surface area contributed by atoms with Gasteiger partial charge in [0.25, 0.3) is 5.91 Å². The van der Waals surface area contributed by atoms with Crippen LogP contribution < -0.4 is 50.0 Å². The van der Waals surface area contributed by atoms with E-state index < -0.39 is 145 Å². The lowest BCUT2D eigenvalue weighted by Crippen LogP contribution is -2.68. The van der Waals surface area contributed by atoms with Crippen LogP contribution in [0.2, 0.25) is 0 Å². The molecule has 29 nitrogen and oxygen atoms in total. The van der Waals surface area contributed by atoms with Crippen LogP contribution in [-0.2, 0) is 46.3 Å². The predicted molar refractivity (Wildman–Crippen MR) is 255 cm³/mol. The van der Waals surface area contributed by atoms with Crippen molar-refractivity contribution in [1.29, 1.82) is 0 Å². The van der Waals surface area contributed by atoms with Crippen LogP contribution in [0.5, 0.6) is 0 Å². The van der Waals surface area contributed by atoms with E-state index in [1.54, 1.807) is 21.5 Å². The first-order chi connectivity index (χ1) is 35.8. The SMILES string of the molecule is NC[C@@H]1O[C@@H](O[C@H]2[C@@H](O)[C@H](O[C@@H]3[C@@H](O)[C@H](N)C[C@H](N)[C@H]3O[C@H]3O[C@H](CN)[C@@H](O)[C@H](O)[C@H]3N)O[C@@H]2C(=O)NCc2cn(CCN3CCN(c4cc5c(cc4F)c(=O)c(C(=O)O)cn5C4CC4)CC3)nn2)[C@H](N)[C@@H](O)[C@@H]1O. The smallest absolute Gasteiger partial charge is 0.341 e. The molecule has 19 atom stereocenters. The molecule has 0 spiro atoms. The van der Waals surface area contributed by atoms with Crippen molar-refractivity contribution in [2.45, 2.75) is 155 Å². The van der Waals surface area contributed by atoms with Gasteiger partial charge in [0.15, 0.2) is 25.0 Å². The summed E-state index contributed by atoms with van der Waals surface area (Å²) in [5.41, 5.74) is 36.6. The molecule has 6 fully saturated rings. The van der Waals surface area contributed by atoms with Gasteiger partial charge in [0, 0.05) is 75.5 Å². The lowest BCUT2D eigenvalue weighted by Gasteiger charge is -2.47. The number of aromatic carboxylic acids is 1. The van der Waals surface area contributed by atoms with Crippen molar-refractivity contribution in [3.05, 3.63) is 51.8 Å². The van der Waals surface area contributed by atoms with Crippen molar-refractivity contribution in [2.24, 2.45) is 34.4 Å². The van der Waals surface area contributed by atoms with Crippen molar-refractivity contribution >= 4 is 28.5 Å². The number of pyridine rings is 1. The van der Waals surface area contributed by atoms with E-state index in [0.29, 0.717) is 56.2 Å². The van der Waals surface area contributed by atoms with Gasteiger partial charge in [-0.3, -0.25) is 19.2 Å². The average molecular weight is 1070 g/mol. The number of fused-ring (bicyclic) bond motifs is 1. The molecular formula is C45H68FN13O16. The number of anilines is 1. The second-order valence-electron chi connectivity index (χ2n) is 20.1. The van der Waals surface area contributed by atoms with Crippen LogP contribution >= 0.6 is 0 Å². The number of ether oxygens (including phenoxy) is 6. The molecule has 0 radical (unpaired) electrons. The van der Waals surface area contributed by atoms with Crippen molar-refractivity contribution < 1.29 is 78.1 Å². The fourth-order valence-corrected chi connectivity index (χ4v) is 10.4. The summed E-state index contributed by atoms with van der Waals surface area (Å²) in [6, 6.07) is -1.88. The highest BCUT2D eigenvalue weighted by Crippen LogP contribution is 2.39. The third kappa shape index (κ3) is 11.3. The normalized spacial score (nSPS) is 37.8. The fraction of sp³-hybridized carbons (Fsp3) is 0.711. The first-order valence-electron chi connectivity index (χ1n) is 25.0. The largest absolute Gasteiger partial charge is 0.477 e. The number of hydrogen-bond acceptors (Lipinski definition) is 25. The van der Waals surface area contributed by atoms with E-state index in [2.05, 4.69) is 20.5 Å². The zero-order valence-electron chi connectivity index (χ0n) is 40.7. The van der Waals surface area contributed by atoms with Gasteiger partial charge in [0.1, 0.15) is 78.1 Å². The minimum Gasteiger partial charge on any atom is -0.477 e. The molecule has 416 valence electrons. The number of aliphatic hydroxyl groups is 6. The number of nitrogens with one attached hydrogen (secondary N) is 1. The molecule has 2 saturated carbocycles. The first-order valence-corrected chi connectivity index (χ1v) is 25.0. The summed E-state index contributed by atoms with van der Waals surface area (Å²) in [5.74, 6) is -2.83. The quantitative estimate of drug-likeness (QED) is 0.0597. The minimum atomic E-state index is -1.86. The van der Waals surface area contributed by atoms with Gasteiger partial charge in [0.2, 0.25) is 5.43 Å². The molecular weight excluding hydrogens is 998 g/mol. The van der Waals surface area contributed by atoms with E-state index in [4.69, 9.17) is 62.8 Å². The molecule has 20 N–H and O–H groups in total. The molecule has 0 bridgehead atoms. The number of aromatic nitrogens is 4. The van der Waals surface area contributed by atoms with Gasteiger partial charge >= 0.3 is 5.97 Å².